The highest BCUT2D eigenvalue weighted by Crippen LogP contribution is 2.34. The smallest absolute Gasteiger partial charge is 0.316 e. The Balaban J connectivity index is 2.19. The summed E-state index contributed by atoms with van der Waals surface area (Å²) in [6.07, 6.45) is 0. The minimum Gasteiger partial charge on any atom is -0.496 e. The molecule has 0 aliphatic rings. The monoisotopic (exact) mass is 389 g/mol. The number of aromatic nitrogens is 3. The van der Waals surface area contributed by atoms with Crippen LogP contribution in [0.5, 0.6) is 5.75 Å². The number of hydrogen-bond donors (Lipinski definition) is 1. The normalized spacial score (nSPS) is 12.0. The average molecular weight is 390 g/mol. The van der Waals surface area contributed by atoms with Crippen molar-refractivity contribution < 1.29 is 14.6 Å². The Morgan fingerprint density at radius 2 is 2.00 bits per heavy atom. The number of methoxy groups -OCH3 is 1. The van der Waals surface area contributed by atoms with Gasteiger partial charge in [-0.25, -0.2) is 0 Å². The van der Waals surface area contributed by atoms with E-state index in [2.05, 4.69) is 10.2 Å². The third-order valence-corrected chi connectivity index (χ3v) is 4.94. The highest BCUT2D eigenvalue weighted by atomic mass is 35.5. The fourth-order valence-electron chi connectivity index (χ4n) is 2.41. The maximum Gasteiger partial charge on any atom is 0.316 e. The standard InChI is InChI=1S/C18H16ClN3O3S/c1-11(17(23)24)26-18-21-20-16(14-8-3-4-9-15(14)25-2)22(18)13-7-5-6-12(19)10-13/h3-11H,1-2H3,(H,23,24)/t11-/m1/s1. The van der Waals surface area contributed by atoms with E-state index in [1.165, 1.54) is 0 Å². The molecule has 0 amide bonds. The van der Waals surface area contributed by atoms with E-state index < -0.39 is 11.2 Å². The molecule has 6 nitrogen and oxygen atoms in total. The number of para-hydroxylation sites is 1. The van der Waals surface area contributed by atoms with E-state index in [0.29, 0.717) is 21.8 Å². The quantitative estimate of drug-likeness (QED) is 0.638. The van der Waals surface area contributed by atoms with E-state index in [4.69, 9.17) is 16.3 Å². The molecule has 0 aliphatic heterocycles. The first-order chi connectivity index (χ1) is 12.5. The number of aliphatic carboxylic acids is 1. The van der Waals surface area contributed by atoms with Crippen LogP contribution in [0.1, 0.15) is 6.92 Å². The van der Waals surface area contributed by atoms with E-state index in [9.17, 15) is 9.90 Å². The van der Waals surface area contributed by atoms with Gasteiger partial charge >= 0.3 is 5.97 Å². The molecule has 0 saturated carbocycles. The number of thioether (sulfide) groups is 1. The summed E-state index contributed by atoms with van der Waals surface area (Å²) in [5.41, 5.74) is 1.49. The van der Waals surface area contributed by atoms with E-state index in [1.54, 1.807) is 30.7 Å². The molecule has 0 saturated heterocycles. The number of benzene rings is 2. The Bertz CT molecular complexity index is 945. The first-order valence-corrected chi connectivity index (χ1v) is 9.01. The third-order valence-electron chi connectivity index (χ3n) is 3.68. The Labute approximate surface area is 159 Å². The van der Waals surface area contributed by atoms with Gasteiger partial charge in [-0.05, 0) is 37.3 Å². The SMILES string of the molecule is COc1ccccc1-c1nnc(S[C@H](C)C(=O)O)n1-c1cccc(Cl)c1. The molecule has 1 atom stereocenters. The predicted molar refractivity (Wildman–Crippen MR) is 101 cm³/mol. The van der Waals surface area contributed by atoms with Crippen molar-refractivity contribution in [2.45, 2.75) is 17.3 Å². The van der Waals surface area contributed by atoms with E-state index in [1.807, 2.05) is 36.4 Å². The Hall–Kier alpha value is -2.51. The fourth-order valence-corrected chi connectivity index (χ4v) is 3.39. The van der Waals surface area contributed by atoms with Crippen LogP contribution in [0.25, 0.3) is 17.1 Å². The van der Waals surface area contributed by atoms with Crippen molar-refractivity contribution in [2.75, 3.05) is 7.11 Å². The molecule has 1 N–H and O–H groups in total. The summed E-state index contributed by atoms with van der Waals surface area (Å²) >= 11 is 7.26. The molecule has 0 bridgehead atoms. The molecule has 0 unspecified atom stereocenters. The number of halogens is 1. The van der Waals surface area contributed by atoms with Crippen LogP contribution in [-0.2, 0) is 4.79 Å². The maximum absolute atomic E-state index is 11.3. The summed E-state index contributed by atoms with van der Waals surface area (Å²) in [6, 6.07) is 14.7. The molecule has 26 heavy (non-hydrogen) atoms. The molecule has 3 aromatic rings. The first-order valence-electron chi connectivity index (χ1n) is 7.75. The molecular weight excluding hydrogens is 374 g/mol. The molecule has 3 rings (SSSR count). The van der Waals surface area contributed by atoms with Crippen LogP contribution in [0.15, 0.2) is 53.7 Å². The van der Waals surface area contributed by atoms with Crippen molar-refractivity contribution in [1.82, 2.24) is 14.8 Å². The number of carboxylic acids is 1. The van der Waals surface area contributed by atoms with Gasteiger partial charge in [0.2, 0.25) is 0 Å². The predicted octanol–water partition coefficient (Wildman–Crippen LogP) is 4.16. The van der Waals surface area contributed by atoms with Crippen LogP contribution in [0.3, 0.4) is 0 Å². The van der Waals surface area contributed by atoms with Crippen molar-refractivity contribution in [2.24, 2.45) is 0 Å². The molecule has 1 heterocycles. The lowest BCUT2D eigenvalue weighted by molar-refractivity contribution is -0.136. The van der Waals surface area contributed by atoms with Crippen LogP contribution in [0.4, 0.5) is 0 Å². The molecule has 0 spiro atoms. The second kappa shape index (κ2) is 7.80. The molecule has 8 heteroatoms. The fraction of sp³-hybridized carbons (Fsp3) is 0.167. The zero-order valence-electron chi connectivity index (χ0n) is 14.1. The van der Waals surface area contributed by atoms with Crippen LogP contribution in [0, 0.1) is 0 Å². The summed E-state index contributed by atoms with van der Waals surface area (Å²) in [4.78, 5) is 11.3. The van der Waals surface area contributed by atoms with Gasteiger partial charge < -0.3 is 9.84 Å². The zero-order chi connectivity index (χ0) is 18.7. The van der Waals surface area contributed by atoms with E-state index >= 15 is 0 Å². The molecule has 0 aliphatic carbocycles. The largest absolute Gasteiger partial charge is 0.496 e. The van der Waals surface area contributed by atoms with Crippen LogP contribution >= 0.6 is 23.4 Å². The second-order valence-corrected chi connectivity index (χ2v) is 7.16. The summed E-state index contributed by atoms with van der Waals surface area (Å²) in [5, 5.41) is 18.1. The Kier molecular flexibility index (Phi) is 5.49. The highest BCUT2D eigenvalue weighted by Gasteiger charge is 2.22. The second-order valence-electron chi connectivity index (χ2n) is 5.42. The van der Waals surface area contributed by atoms with Crippen molar-refractivity contribution in [3.63, 3.8) is 0 Å². The van der Waals surface area contributed by atoms with Gasteiger partial charge in [-0.15, -0.1) is 10.2 Å². The topological polar surface area (TPSA) is 77.2 Å². The summed E-state index contributed by atoms with van der Waals surface area (Å²) in [6.45, 7) is 1.60. The summed E-state index contributed by atoms with van der Waals surface area (Å²) in [7, 11) is 1.58. The van der Waals surface area contributed by atoms with Gasteiger partial charge in [0.05, 0.1) is 18.4 Å². The first kappa shape index (κ1) is 18.3. The van der Waals surface area contributed by atoms with Crippen molar-refractivity contribution in [1.29, 1.82) is 0 Å². The minimum absolute atomic E-state index is 0.461. The maximum atomic E-state index is 11.3. The van der Waals surface area contributed by atoms with Gasteiger partial charge in [-0.1, -0.05) is 41.6 Å². The molecule has 0 fully saturated rings. The molecule has 134 valence electrons. The Morgan fingerprint density at radius 3 is 2.69 bits per heavy atom. The number of nitrogens with zero attached hydrogens (tertiary/aromatic N) is 3. The van der Waals surface area contributed by atoms with Gasteiger partial charge in [0.1, 0.15) is 11.0 Å². The van der Waals surface area contributed by atoms with Gasteiger partial charge in [0, 0.05) is 5.02 Å². The number of hydrogen-bond acceptors (Lipinski definition) is 5. The highest BCUT2D eigenvalue weighted by molar-refractivity contribution is 8.00. The van der Waals surface area contributed by atoms with Gasteiger partial charge in [-0.3, -0.25) is 9.36 Å². The van der Waals surface area contributed by atoms with Crippen molar-refractivity contribution in [3.05, 3.63) is 53.6 Å². The van der Waals surface area contributed by atoms with Crippen LogP contribution in [-0.4, -0.2) is 38.2 Å². The zero-order valence-corrected chi connectivity index (χ0v) is 15.7. The van der Waals surface area contributed by atoms with Crippen LogP contribution < -0.4 is 4.74 Å². The Morgan fingerprint density at radius 1 is 1.23 bits per heavy atom. The van der Waals surface area contributed by atoms with Gasteiger partial charge in [0.15, 0.2) is 11.0 Å². The lowest BCUT2D eigenvalue weighted by Crippen LogP contribution is -2.12. The lowest BCUT2D eigenvalue weighted by atomic mass is 10.2. The van der Waals surface area contributed by atoms with Gasteiger partial charge in [-0.2, -0.15) is 0 Å². The number of carbonyl (C=O) groups is 1. The summed E-state index contributed by atoms with van der Waals surface area (Å²) < 4.78 is 7.22. The molecule has 2 aromatic carbocycles. The van der Waals surface area contributed by atoms with E-state index in [-0.39, 0.29) is 0 Å². The van der Waals surface area contributed by atoms with Crippen LogP contribution in [0.2, 0.25) is 5.02 Å². The molecule has 1 aromatic heterocycles. The van der Waals surface area contributed by atoms with Crippen molar-refractivity contribution in [3.8, 4) is 22.8 Å². The molecular formula is C18H16ClN3O3S. The lowest BCUT2D eigenvalue weighted by Gasteiger charge is -2.13. The average Bonchev–Trinajstić information content (AvgIpc) is 3.04. The van der Waals surface area contributed by atoms with E-state index in [0.717, 1.165) is 23.0 Å². The van der Waals surface area contributed by atoms with Crippen molar-refractivity contribution >= 4 is 29.3 Å². The minimum atomic E-state index is -0.922. The third kappa shape index (κ3) is 3.68. The number of ether oxygens (including phenoxy) is 1. The summed E-state index contributed by atoms with van der Waals surface area (Å²) in [5.74, 6) is 0.269. The van der Waals surface area contributed by atoms with Gasteiger partial charge in [0.25, 0.3) is 0 Å². The number of rotatable bonds is 6. The molecule has 0 radical (unpaired) electrons. The number of carboxylic acid groups (broad SMARTS) is 1.